The molecule has 0 bridgehead atoms. The molecule has 0 spiro atoms. The molecule has 0 aliphatic heterocycles. The number of aryl methyl sites for hydroxylation is 1. The predicted molar refractivity (Wildman–Crippen MR) is 146 cm³/mol. The van der Waals surface area contributed by atoms with Crippen molar-refractivity contribution < 1.29 is 8.83 Å². The summed E-state index contributed by atoms with van der Waals surface area (Å²) in [5.74, 6) is 0.952. The number of fused-ring (bicyclic) bond motifs is 8. The highest BCUT2D eigenvalue weighted by atomic mass is 16.3. The fourth-order valence-corrected chi connectivity index (χ4v) is 5.49. The fourth-order valence-electron chi connectivity index (χ4n) is 5.49. The zero-order valence-corrected chi connectivity index (χ0v) is 19.5. The second kappa shape index (κ2) is 7.09. The van der Waals surface area contributed by atoms with Gasteiger partial charge in [0, 0.05) is 34.3 Å². The molecule has 0 N–H and O–H groups in total. The van der Waals surface area contributed by atoms with Gasteiger partial charge in [0.2, 0.25) is 0 Å². The Morgan fingerprint density at radius 1 is 0.611 bits per heavy atom. The molecule has 8 rings (SSSR count). The Labute approximate surface area is 206 Å². The summed E-state index contributed by atoms with van der Waals surface area (Å²) in [7, 11) is 2.07. The summed E-state index contributed by atoms with van der Waals surface area (Å²) in [5, 5.41) is 4.26. The summed E-state index contributed by atoms with van der Waals surface area (Å²) in [4.78, 5) is 5.01. The Hall–Kier alpha value is -4.83. The Kier molecular flexibility index (Phi) is 3.84. The van der Waals surface area contributed by atoms with Crippen LogP contribution in [0.15, 0.2) is 112 Å². The molecule has 0 saturated heterocycles. The van der Waals surface area contributed by atoms with Gasteiger partial charge >= 0.3 is 0 Å². The molecule has 0 aliphatic rings. The third-order valence-electron chi connectivity index (χ3n) is 7.21. The van der Waals surface area contributed by atoms with Crippen LogP contribution in [0.1, 0.15) is 0 Å². The SMILES string of the molecule is Cn1c(-c2ccccc2)nc2cc(-c3cc4c5ccccc5oc4c4c3oc3ccccc34)ccc21. The maximum Gasteiger partial charge on any atom is 0.147 e. The molecular formula is C32H20N2O2. The van der Waals surface area contributed by atoms with Gasteiger partial charge in [-0.25, -0.2) is 4.98 Å². The predicted octanol–water partition coefficient (Wildman–Crippen LogP) is 8.71. The van der Waals surface area contributed by atoms with Gasteiger partial charge < -0.3 is 13.4 Å². The van der Waals surface area contributed by atoms with Crippen molar-refractivity contribution in [2.45, 2.75) is 0 Å². The molecule has 0 fully saturated rings. The van der Waals surface area contributed by atoms with E-state index in [9.17, 15) is 0 Å². The zero-order chi connectivity index (χ0) is 23.8. The van der Waals surface area contributed by atoms with Crippen molar-refractivity contribution in [1.82, 2.24) is 9.55 Å². The number of hydrogen-bond acceptors (Lipinski definition) is 3. The first-order valence-electron chi connectivity index (χ1n) is 12.0. The number of nitrogens with zero attached hydrogens (tertiary/aromatic N) is 2. The molecule has 0 amide bonds. The van der Waals surface area contributed by atoms with Crippen LogP contribution >= 0.6 is 0 Å². The first-order chi connectivity index (χ1) is 17.8. The van der Waals surface area contributed by atoms with E-state index in [1.807, 2.05) is 48.5 Å². The zero-order valence-electron chi connectivity index (χ0n) is 19.5. The molecule has 0 unspecified atom stereocenters. The average Bonchev–Trinajstić information content (AvgIpc) is 3.59. The summed E-state index contributed by atoms with van der Waals surface area (Å²) in [5.41, 5.74) is 8.68. The number of furan rings is 2. The van der Waals surface area contributed by atoms with E-state index < -0.39 is 0 Å². The van der Waals surface area contributed by atoms with E-state index in [1.165, 1.54) is 0 Å². The third kappa shape index (κ3) is 2.61. The summed E-state index contributed by atoms with van der Waals surface area (Å²) < 4.78 is 15.0. The van der Waals surface area contributed by atoms with Crippen LogP contribution in [0.2, 0.25) is 0 Å². The number of imidazole rings is 1. The summed E-state index contributed by atoms with van der Waals surface area (Å²) in [6, 6.07) is 35.4. The lowest BCUT2D eigenvalue weighted by atomic mass is 9.98. The number of rotatable bonds is 2. The highest BCUT2D eigenvalue weighted by Gasteiger charge is 2.21. The molecular weight excluding hydrogens is 444 g/mol. The molecule has 0 radical (unpaired) electrons. The van der Waals surface area contributed by atoms with Gasteiger partial charge in [0.1, 0.15) is 28.2 Å². The van der Waals surface area contributed by atoms with Crippen molar-refractivity contribution in [3.8, 4) is 22.5 Å². The van der Waals surface area contributed by atoms with Crippen LogP contribution in [-0.4, -0.2) is 9.55 Å². The van der Waals surface area contributed by atoms with Gasteiger partial charge in [-0.15, -0.1) is 0 Å². The molecule has 36 heavy (non-hydrogen) atoms. The molecule has 4 heteroatoms. The Morgan fingerprint density at radius 3 is 2.14 bits per heavy atom. The Morgan fingerprint density at radius 2 is 1.31 bits per heavy atom. The normalized spacial score (nSPS) is 12.0. The van der Waals surface area contributed by atoms with Crippen LogP contribution < -0.4 is 0 Å². The highest BCUT2D eigenvalue weighted by molar-refractivity contribution is 6.25. The van der Waals surface area contributed by atoms with Gasteiger partial charge in [-0.05, 0) is 35.9 Å². The molecule has 170 valence electrons. The number of aromatic nitrogens is 2. The smallest absolute Gasteiger partial charge is 0.147 e. The van der Waals surface area contributed by atoms with Gasteiger partial charge in [0.05, 0.1) is 16.4 Å². The molecule has 8 aromatic rings. The lowest BCUT2D eigenvalue weighted by Gasteiger charge is -2.05. The van der Waals surface area contributed by atoms with Gasteiger partial charge in [-0.1, -0.05) is 72.8 Å². The monoisotopic (exact) mass is 464 g/mol. The molecule has 0 aliphatic carbocycles. The second-order valence-corrected chi connectivity index (χ2v) is 9.27. The maximum atomic E-state index is 6.47. The number of hydrogen-bond donors (Lipinski definition) is 0. The van der Waals surface area contributed by atoms with Crippen molar-refractivity contribution in [1.29, 1.82) is 0 Å². The highest BCUT2D eigenvalue weighted by Crippen LogP contribution is 2.44. The second-order valence-electron chi connectivity index (χ2n) is 9.27. The number of benzene rings is 5. The van der Waals surface area contributed by atoms with E-state index >= 15 is 0 Å². The third-order valence-corrected chi connectivity index (χ3v) is 7.21. The van der Waals surface area contributed by atoms with Crippen LogP contribution in [0, 0.1) is 0 Å². The summed E-state index contributed by atoms with van der Waals surface area (Å²) in [6.07, 6.45) is 0. The van der Waals surface area contributed by atoms with Crippen molar-refractivity contribution in [3.63, 3.8) is 0 Å². The van der Waals surface area contributed by atoms with E-state index in [0.717, 1.165) is 77.4 Å². The van der Waals surface area contributed by atoms with Gasteiger partial charge in [-0.3, -0.25) is 0 Å². The largest absolute Gasteiger partial charge is 0.455 e. The lowest BCUT2D eigenvalue weighted by Crippen LogP contribution is -1.91. The fraction of sp³-hybridized carbons (Fsp3) is 0.0312. The van der Waals surface area contributed by atoms with Crippen molar-refractivity contribution in [2.75, 3.05) is 0 Å². The summed E-state index contributed by atoms with van der Waals surface area (Å²) in [6.45, 7) is 0. The van der Waals surface area contributed by atoms with Gasteiger partial charge in [0.25, 0.3) is 0 Å². The van der Waals surface area contributed by atoms with Crippen LogP contribution in [-0.2, 0) is 7.05 Å². The standard InChI is InChI=1S/C32H20N2O2/c1-34-26-16-15-20(17-25(26)33-32(34)19-9-3-2-4-10-19)23-18-24-21-11-5-7-13-27(21)35-31(24)29-22-12-6-8-14-28(22)36-30(23)29/h2-18H,1H3. The van der Waals surface area contributed by atoms with Crippen LogP contribution in [0.3, 0.4) is 0 Å². The van der Waals surface area contributed by atoms with Crippen LogP contribution in [0.4, 0.5) is 0 Å². The van der Waals surface area contributed by atoms with Crippen LogP contribution in [0.5, 0.6) is 0 Å². The van der Waals surface area contributed by atoms with E-state index in [0.29, 0.717) is 0 Å². The topological polar surface area (TPSA) is 44.1 Å². The minimum atomic E-state index is 0.835. The average molecular weight is 465 g/mol. The quantitative estimate of drug-likeness (QED) is 0.257. The molecule has 5 aromatic carbocycles. The van der Waals surface area contributed by atoms with Crippen LogP contribution in [0.25, 0.3) is 77.4 Å². The number of para-hydroxylation sites is 2. The van der Waals surface area contributed by atoms with Gasteiger partial charge in [-0.2, -0.15) is 0 Å². The molecule has 4 nitrogen and oxygen atoms in total. The Balaban J connectivity index is 1.46. The maximum absolute atomic E-state index is 6.47. The summed E-state index contributed by atoms with van der Waals surface area (Å²) >= 11 is 0. The molecule has 0 atom stereocenters. The first-order valence-corrected chi connectivity index (χ1v) is 12.0. The molecule has 0 saturated carbocycles. The van der Waals surface area contributed by atoms with Crippen molar-refractivity contribution in [2.24, 2.45) is 7.05 Å². The lowest BCUT2D eigenvalue weighted by molar-refractivity contribution is 0.663. The van der Waals surface area contributed by atoms with Gasteiger partial charge in [0.15, 0.2) is 0 Å². The molecule has 3 aromatic heterocycles. The molecule has 3 heterocycles. The van der Waals surface area contributed by atoms with E-state index in [-0.39, 0.29) is 0 Å². The first kappa shape index (κ1) is 19.5. The minimum Gasteiger partial charge on any atom is -0.455 e. The van der Waals surface area contributed by atoms with Crippen molar-refractivity contribution >= 4 is 54.9 Å². The van der Waals surface area contributed by atoms with E-state index in [2.05, 4.69) is 66.2 Å². The van der Waals surface area contributed by atoms with E-state index in [4.69, 9.17) is 13.8 Å². The minimum absolute atomic E-state index is 0.835. The van der Waals surface area contributed by atoms with Crippen molar-refractivity contribution in [3.05, 3.63) is 103 Å². The van der Waals surface area contributed by atoms with E-state index in [1.54, 1.807) is 0 Å². The Bertz CT molecular complexity index is 2110.